The molecule has 6 rings (SSSR count). The van der Waals surface area contributed by atoms with E-state index in [-0.39, 0.29) is 34.6 Å². The molecule has 1 atom stereocenters. The number of methoxy groups -OCH3 is 2. The third kappa shape index (κ3) is 5.81. The topological polar surface area (TPSA) is 108 Å². The molecular formula is C34H33Cl2N7O4. The van der Waals surface area contributed by atoms with Crippen molar-refractivity contribution in [3.8, 4) is 17.3 Å². The summed E-state index contributed by atoms with van der Waals surface area (Å²) in [6, 6.07) is 15.6. The van der Waals surface area contributed by atoms with Gasteiger partial charge < -0.3 is 18.9 Å². The van der Waals surface area contributed by atoms with E-state index in [2.05, 4.69) is 9.97 Å². The SMILES string of the molecule is COc1ccc(Cn2cc(N3C(=O)c4nn(-c5cnc(N(C)C)nc5OC)c(C(C)C)c4C3c3ccc(Cl)cc3)cc(Cl)c2=O)cc1. The van der Waals surface area contributed by atoms with Crippen LogP contribution in [0.5, 0.6) is 11.6 Å². The van der Waals surface area contributed by atoms with Gasteiger partial charge in [-0.25, -0.2) is 9.67 Å². The molecule has 2 aromatic carbocycles. The molecule has 5 aromatic rings. The molecule has 0 bridgehead atoms. The number of rotatable bonds is 9. The highest BCUT2D eigenvalue weighted by molar-refractivity contribution is 6.31. The molecule has 0 fully saturated rings. The molecule has 4 heterocycles. The van der Waals surface area contributed by atoms with Crippen LogP contribution in [0.4, 0.5) is 11.6 Å². The van der Waals surface area contributed by atoms with Crippen LogP contribution >= 0.6 is 23.2 Å². The molecule has 0 N–H and O–H groups in total. The Morgan fingerprint density at radius 1 is 0.979 bits per heavy atom. The largest absolute Gasteiger partial charge is 0.497 e. The summed E-state index contributed by atoms with van der Waals surface area (Å²) >= 11 is 12.9. The number of fused-ring (bicyclic) bond motifs is 1. The highest BCUT2D eigenvalue weighted by Gasteiger charge is 2.45. The summed E-state index contributed by atoms with van der Waals surface area (Å²) in [5, 5.41) is 5.42. The first kappa shape index (κ1) is 32.1. The quantitative estimate of drug-likeness (QED) is 0.184. The van der Waals surface area contributed by atoms with Gasteiger partial charge in [0.05, 0.1) is 44.4 Å². The van der Waals surface area contributed by atoms with Gasteiger partial charge in [0.15, 0.2) is 5.69 Å². The van der Waals surface area contributed by atoms with Crippen LogP contribution in [0.25, 0.3) is 5.69 Å². The lowest BCUT2D eigenvalue weighted by atomic mass is 9.94. The summed E-state index contributed by atoms with van der Waals surface area (Å²) in [5.74, 6) is 1.06. The fourth-order valence-corrected chi connectivity index (χ4v) is 6.17. The molecule has 0 saturated heterocycles. The second-order valence-electron chi connectivity index (χ2n) is 11.6. The number of pyridine rings is 1. The van der Waals surface area contributed by atoms with Crippen LogP contribution in [-0.4, -0.2) is 58.5 Å². The summed E-state index contributed by atoms with van der Waals surface area (Å²) in [5.41, 5.74) is 4.00. The Hall–Kier alpha value is -4.87. The normalized spacial score (nSPS) is 14.1. The number of hydrogen-bond acceptors (Lipinski definition) is 8. The minimum Gasteiger partial charge on any atom is -0.497 e. The van der Waals surface area contributed by atoms with E-state index >= 15 is 0 Å². The fourth-order valence-electron chi connectivity index (χ4n) is 5.82. The average Bonchev–Trinajstić information content (AvgIpc) is 3.58. The number of aromatic nitrogens is 5. The minimum atomic E-state index is -0.614. The van der Waals surface area contributed by atoms with Crippen LogP contribution in [0.15, 0.2) is 71.8 Å². The smallest absolute Gasteiger partial charge is 0.280 e. The Labute approximate surface area is 281 Å². The van der Waals surface area contributed by atoms with Gasteiger partial charge in [0, 0.05) is 30.9 Å². The number of benzene rings is 2. The van der Waals surface area contributed by atoms with E-state index in [1.54, 1.807) is 46.1 Å². The molecule has 1 unspecified atom stereocenters. The van der Waals surface area contributed by atoms with E-state index in [1.165, 1.54) is 17.7 Å². The molecule has 0 aliphatic carbocycles. The number of ether oxygens (including phenoxy) is 2. The van der Waals surface area contributed by atoms with Crippen LogP contribution in [0, 0.1) is 0 Å². The lowest BCUT2D eigenvalue weighted by Gasteiger charge is -2.28. The zero-order chi connectivity index (χ0) is 33.6. The average molecular weight is 675 g/mol. The van der Waals surface area contributed by atoms with Crippen molar-refractivity contribution >= 4 is 40.7 Å². The molecule has 242 valence electrons. The standard InChI is InChI=1S/C34H33Cl2N7O4/c1-19(2)29-27-28(39-43(29)26-16-37-34(40(3)4)38-31(26)47-6)33(45)42(30(27)21-9-11-22(35)12-10-21)23-15-25(36)32(44)41(18-23)17-20-7-13-24(46-5)14-8-20/h7-16,18-19,30H,17H2,1-6H3. The fraction of sp³-hybridized carbons (Fsp3) is 0.265. The molecule has 47 heavy (non-hydrogen) atoms. The predicted octanol–water partition coefficient (Wildman–Crippen LogP) is 6.14. The first-order chi connectivity index (χ1) is 22.5. The summed E-state index contributed by atoms with van der Waals surface area (Å²) in [4.78, 5) is 40.2. The highest BCUT2D eigenvalue weighted by atomic mass is 35.5. The van der Waals surface area contributed by atoms with Crippen molar-refractivity contribution in [1.82, 2.24) is 24.3 Å². The molecule has 3 aromatic heterocycles. The van der Waals surface area contributed by atoms with Crippen molar-refractivity contribution in [3.63, 3.8) is 0 Å². The van der Waals surface area contributed by atoms with Gasteiger partial charge in [-0.05, 0) is 47.4 Å². The predicted molar refractivity (Wildman–Crippen MR) is 182 cm³/mol. The van der Waals surface area contributed by atoms with Gasteiger partial charge in [-0.3, -0.25) is 14.5 Å². The van der Waals surface area contributed by atoms with Crippen molar-refractivity contribution in [2.45, 2.75) is 32.4 Å². The Morgan fingerprint density at radius 2 is 1.68 bits per heavy atom. The maximum absolute atomic E-state index is 14.5. The number of carbonyl (C=O) groups excluding carboxylic acids is 1. The Bertz CT molecular complexity index is 2020. The molecule has 0 radical (unpaired) electrons. The van der Waals surface area contributed by atoms with Crippen LogP contribution in [0.3, 0.4) is 0 Å². The van der Waals surface area contributed by atoms with E-state index in [1.807, 2.05) is 64.3 Å². The second-order valence-corrected chi connectivity index (χ2v) is 12.5. The summed E-state index contributed by atoms with van der Waals surface area (Å²) in [6.45, 7) is 4.31. The number of nitrogens with zero attached hydrogens (tertiary/aromatic N) is 7. The van der Waals surface area contributed by atoms with Crippen LogP contribution in [0.2, 0.25) is 10.0 Å². The molecular weight excluding hydrogens is 641 g/mol. The van der Waals surface area contributed by atoms with Gasteiger partial charge in [0.2, 0.25) is 11.8 Å². The molecule has 0 spiro atoms. The third-order valence-electron chi connectivity index (χ3n) is 8.01. The van der Waals surface area contributed by atoms with Crippen molar-refractivity contribution in [3.05, 3.63) is 115 Å². The minimum absolute atomic E-state index is 0.0137. The third-order valence-corrected chi connectivity index (χ3v) is 8.53. The number of anilines is 2. The number of hydrogen-bond donors (Lipinski definition) is 0. The first-order valence-electron chi connectivity index (χ1n) is 14.9. The monoisotopic (exact) mass is 673 g/mol. The first-order valence-corrected chi connectivity index (χ1v) is 15.6. The Kier molecular flexibility index (Phi) is 8.69. The van der Waals surface area contributed by atoms with Gasteiger partial charge in [-0.15, -0.1) is 0 Å². The number of carbonyl (C=O) groups is 1. The number of amides is 1. The zero-order valence-corrected chi connectivity index (χ0v) is 28.2. The van der Waals surface area contributed by atoms with E-state index in [0.717, 1.165) is 22.4 Å². The van der Waals surface area contributed by atoms with Crippen molar-refractivity contribution in [2.75, 3.05) is 38.1 Å². The van der Waals surface area contributed by atoms with Gasteiger partial charge in [-0.1, -0.05) is 61.3 Å². The zero-order valence-electron chi connectivity index (χ0n) is 26.7. The molecule has 13 heteroatoms. The highest BCUT2D eigenvalue weighted by Crippen LogP contribution is 2.46. The van der Waals surface area contributed by atoms with E-state index in [9.17, 15) is 9.59 Å². The maximum atomic E-state index is 14.5. The summed E-state index contributed by atoms with van der Waals surface area (Å²) < 4.78 is 14.1. The molecule has 11 nitrogen and oxygen atoms in total. The molecule has 1 amide bonds. The maximum Gasteiger partial charge on any atom is 0.280 e. The molecule has 1 aliphatic heterocycles. The molecule has 1 aliphatic rings. The van der Waals surface area contributed by atoms with Gasteiger partial charge in [0.25, 0.3) is 11.5 Å². The second kappa shape index (κ2) is 12.7. The van der Waals surface area contributed by atoms with Gasteiger partial charge in [-0.2, -0.15) is 10.1 Å². The van der Waals surface area contributed by atoms with E-state index in [4.69, 9.17) is 37.8 Å². The van der Waals surface area contributed by atoms with Crippen LogP contribution in [-0.2, 0) is 6.54 Å². The van der Waals surface area contributed by atoms with Crippen LogP contribution < -0.4 is 24.8 Å². The van der Waals surface area contributed by atoms with E-state index in [0.29, 0.717) is 34.0 Å². The lowest BCUT2D eigenvalue weighted by molar-refractivity contribution is 0.0988. The Balaban J connectivity index is 1.53. The Morgan fingerprint density at radius 3 is 2.30 bits per heavy atom. The van der Waals surface area contributed by atoms with Crippen LogP contribution in [0.1, 0.15) is 58.7 Å². The van der Waals surface area contributed by atoms with Crippen molar-refractivity contribution in [2.24, 2.45) is 0 Å². The van der Waals surface area contributed by atoms with Crippen molar-refractivity contribution in [1.29, 1.82) is 0 Å². The summed E-state index contributed by atoms with van der Waals surface area (Å²) in [7, 11) is 6.81. The molecule has 0 saturated carbocycles. The van der Waals surface area contributed by atoms with Crippen molar-refractivity contribution < 1.29 is 14.3 Å². The van der Waals surface area contributed by atoms with Gasteiger partial charge in [0.1, 0.15) is 16.5 Å². The van der Waals surface area contributed by atoms with Gasteiger partial charge >= 0.3 is 0 Å². The number of halogens is 2. The van der Waals surface area contributed by atoms with E-state index < -0.39 is 6.04 Å². The lowest BCUT2D eigenvalue weighted by Crippen LogP contribution is -2.32. The summed E-state index contributed by atoms with van der Waals surface area (Å²) in [6.07, 6.45) is 3.30.